The molecule has 0 fully saturated rings. The number of halogens is 5. The number of hydrogen-bond acceptors (Lipinski definition) is 2. The van der Waals surface area contributed by atoms with Gasteiger partial charge in [0, 0.05) is 6.42 Å². The second-order valence-electron chi connectivity index (χ2n) is 5.82. The number of ether oxygens (including phenoxy) is 1. The first kappa shape index (κ1) is 22.9. The van der Waals surface area contributed by atoms with Gasteiger partial charge in [0.15, 0.2) is 0 Å². The van der Waals surface area contributed by atoms with Crippen molar-refractivity contribution >= 4 is 5.97 Å². The van der Waals surface area contributed by atoms with Gasteiger partial charge in [0.25, 0.3) is 0 Å². The fourth-order valence-electron chi connectivity index (χ4n) is 2.38. The number of alkyl halides is 5. The number of esters is 1. The summed E-state index contributed by atoms with van der Waals surface area (Å²) in [6.07, 6.45) is -0.716. The topological polar surface area (TPSA) is 26.3 Å². The summed E-state index contributed by atoms with van der Waals surface area (Å²) in [6, 6.07) is 0. The Hall–Kier alpha value is -1.14. The normalized spacial score (nSPS) is 13.6. The molecular formula is C17H27F5O2. The molecule has 1 atom stereocenters. The van der Waals surface area contributed by atoms with Crippen molar-refractivity contribution in [1.29, 1.82) is 0 Å². The Morgan fingerprint density at radius 3 is 2.12 bits per heavy atom. The fraction of sp³-hybridized carbons (Fsp3) is 0.824. The maximum Gasteiger partial charge on any atom is 0.453 e. The third-order valence-electron chi connectivity index (χ3n) is 3.79. The Morgan fingerprint density at radius 2 is 1.62 bits per heavy atom. The SMILES string of the molecule is C=CCCCCCC(CCCCC(F)(F)C(F)(F)F)C(=O)OCC. The molecule has 0 saturated carbocycles. The maximum absolute atomic E-state index is 12.8. The first-order chi connectivity index (χ1) is 11.2. The molecule has 0 aliphatic heterocycles. The minimum Gasteiger partial charge on any atom is -0.466 e. The minimum absolute atomic E-state index is 0.141. The van der Waals surface area contributed by atoms with E-state index in [-0.39, 0.29) is 25.9 Å². The molecule has 0 aliphatic carbocycles. The molecule has 0 heterocycles. The second-order valence-corrected chi connectivity index (χ2v) is 5.82. The van der Waals surface area contributed by atoms with Crippen molar-refractivity contribution in [2.24, 2.45) is 5.92 Å². The number of rotatable bonds is 13. The van der Waals surface area contributed by atoms with Crippen molar-refractivity contribution in [1.82, 2.24) is 0 Å². The van der Waals surface area contributed by atoms with Crippen LogP contribution in [0.3, 0.4) is 0 Å². The third kappa shape index (κ3) is 9.23. The number of carbonyl (C=O) groups excluding carboxylic acids is 1. The van der Waals surface area contributed by atoms with Crippen molar-refractivity contribution in [2.75, 3.05) is 6.61 Å². The van der Waals surface area contributed by atoms with Gasteiger partial charge < -0.3 is 4.74 Å². The zero-order chi connectivity index (χ0) is 18.6. The molecule has 0 rings (SSSR count). The summed E-state index contributed by atoms with van der Waals surface area (Å²) < 4.78 is 66.9. The molecule has 0 aromatic rings. The summed E-state index contributed by atoms with van der Waals surface area (Å²) in [5.41, 5.74) is 0. The van der Waals surface area contributed by atoms with Crippen molar-refractivity contribution in [3.05, 3.63) is 12.7 Å². The van der Waals surface area contributed by atoms with Gasteiger partial charge in [-0.05, 0) is 39.0 Å². The van der Waals surface area contributed by atoms with Gasteiger partial charge in [-0.3, -0.25) is 4.79 Å². The first-order valence-electron chi connectivity index (χ1n) is 8.37. The summed E-state index contributed by atoms with van der Waals surface area (Å²) in [5.74, 6) is -5.51. The molecular weight excluding hydrogens is 331 g/mol. The average Bonchev–Trinajstić information content (AvgIpc) is 2.48. The molecule has 0 bridgehead atoms. The van der Waals surface area contributed by atoms with Crippen LogP contribution < -0.4 is 0 Å². The Morgan fingerprint density at radius 1 is 1.04 bits per heavy atom. The van der Waals surface area contributed by atoms with Crippen LogP contribution in [0.15, 0.2) is 12.7 Å². The zero-order valence-electron chi connectivity index (χ0n) is 14.1. The molecule has 2 nitrogen and oxygen atoms in total. The lowest BCUT2D eigenvalue weighted by Gasteiger charge is -2.20. The lowest BCUT2D eigenvalue weighted by atomic mass is 9.94. The van der Waals surface area contributed by atoms with Crippen LogP contribution in [0.1, 0.15) is 64.7 Å². The second kappa shape index (κ2) is 11.4. The van der Waals surface area contributed by atoms with E-state index in [1.807, 2.05) is 6.08 Å². The van der Waals surface area contributed by atoms with E-state index in [0.29, 0.717) is 6.42 Å². The van der Waals surface area contributed by atoms with Crippen molar-refractivity contribution in [3.8, 4) is 0 Å². The molecule has 0 saturated heterocycles. The average molecular weight is 358 g/mol. The standard InChI is InChI=1S/C17H27F5O2/c1-3-5-6-7-8-11-14(15(23)24-4-2)12-9-10-13-16(18,19)17(20,21)22/h3,14H,1,4-13H2,2H3. The van der Waals surface area contributed by atoms with E-state index in [2.05, 4.69) is 6.58 Å². The smallest absolute Gasteiger partial charge is 0.453 e. The van der Waals surface area contributed by atoms with Crippen LogP contribution in [-0.2, 0) is 9.53 Å². The summed E-state index contributed by atoms with van der Waals surface area (Å²) in [7, 11) is 0. The number of carbonyl (C=O) groups is 1. The third-order valence-corrected chi connectivity index (χ3v) is 3.79. The van der Waals surface area contributed by atoms with Crippen LogP contribution >= 0.6 is 0 Å². The van der Waals surface area contributed by atoms with Crippen LogP contribution in [0.4, 0.5) is 22.0 Å². The van der Waals surface area contributed by atoms with E-state index in [0.717, 1.165) is 25.7 Å². The van der Waals surface area contributed by atoms with E-state index < -0.39 is 30.4 Å². The quantitative estimate of drug-likeness (QED) is 0.173. The molecule has 142 valence electrons. The molecule has 0 spiro atoms. The molecule has 7 heteroatoms. The molecule has 0 N–H and O–H groups in total. The first-order valence-corrected chi connectivity index (χ1v) is 8.37. The van der Waals surface area contributed by atoms with Gasteiger partial charge in [0.1, 0.15) is 0 Å². The molecule has 1 unspecified atom stereocenters. The van der Waals surface area contributed by atoms with Crippen LogP contribution in [0, 0.1) is 5.92 Å². The highest BCUT2D eigenvalue weighted by atomic mass is 19.4. The van der Waals surface area contributed by atoms with Gasteiger partial charge in [0.2, 0.25) is 0 Å². The zero-order valence-corrected chi connectivity index (χ0v) is 14.1. The van der Waals surface area contributed by atoms with Crippen molar-refractivity contribution in [3.63, 3.8) is 0 Å². The van der Waals surface area contributed by atoms with E-state index >= 15 is 0 Å². The number of hydrogen-bond donors (Lipinski definition) is 0. The van der Waals surface area contributed by atoms with Crippen LogP contribution in [-0.4, -0.2) is 24.7 Å². The Kier molecular flexibility index (Phi) is 10.9. The van der Waals surface area contributed by atoms with Crippen molar-refractivity contribution < 1.29 is 31.5 Å². The number of allylic oxidation sites excluding steroid dienone is 1. The maximum atomic E-state index is 12.8. The lowest BCUT2D eigenvalue weighted by molar-refractivity contribution is -0.284. The molecule has 0 aliphatic rings. The monoisotopic (exact) mass is 358 g/mol. The fourth-order valence-corrected chi connectivity index (χ4v) is 2.38. The summed E-state index contributed by atoms with van der Waals surface area (Å²) in [4.78, 5) is 11.8. The highest BCUT2D eigenvalue weighted by Gasteiger charge is 2.56. The van der Waals surface area contributed by atoms with Crippen molar-refractivity contribution in [2.45, 2.75) is 76.8 Å². The van der Waals surface area contributed by atoms with Gasteiger partial charge in [-0.1, -0.05) is 25.3 Å². The van der Waals surface area contributed by atoms with Crippen LogP contribution in [0.2, 0.25) is 0 Å². The van der Waals surface area contributed by atoms with E-state index in [1.165, 1.54) is 0 Å². The highest BCUT2D eigenvalue weighted by Crippen LogP contribution is 2.39. The Labute approximate surface area is 140 Å². The summed E-state index contributed by atoms with van der Waals surface area (Å²) in [6.45, 7) is 5.51. The Bertz CT molecular complexity index is 366. The summed E-state index contributed by atoms with van der Waals surface area (Å²) in [5, 5.41) is 0. The molecule has 0 amide bonds. The number of unbranched alkanes of at least 4 members (excludes halogenated alkanes) is 4. The Balaban J connectivity index is 4.26. The predicted octanol–water partition coefficient (Wildman–Crippen LogP) is 6.06. The van der Waals surface area contributed by atoms with E-state index in [9.17, 15) is 26.7 Å². The molecule has 24 heavy (non-hydrogen) atoms. The van der Waals surface area contributed by atoms with Gasteiger partial charge in [0.05, 0.1) is 12.5 Å². The summed E-state index contributed by atoms with van der Waals surface area (Å²) >= 11 is 0. The van der Waals surface area contributed by atoms with Gasteiger partial charge in [-0.25, -0.2) is 0 Å². The molecule has 0 aromatic carbocycles. The van der Waals surface area contributed by atoms with Gasteiger partial charge in [-0.2, -0.15) is 22.0 Å². The van der Waals surface area contributed by atoms with E-state index in [1.54, 1.807) is 6.92 Å². The van der Waals surface area contributed by atoms with E-state index in [4.69, 9.17) is 4.74 Å². The van der Waals surface area contributed by atoms with Gasteiger partial charge in [-0.15, -0.1) is 6.58 Å². The predicted molar refractivity (Wildman–Crippen MR) is 82.9 cm³/mol. The molecule has 0 radical (unpaired) electrons. The minimum atomic E-state index is -5.52. The highest BCUT2D eigenvalue weighted by molar-refractivity contribution is 5.72. The van der Waals surface area contributed by atoms with Gasteiger partial charge >= 0.3 is 18.1 Å². The lowest BCUT2D eigenvalue weighted by Crippen LogP contribution is -2.36. The van der Waals surface area contributed by atoms with Crippen LogP contribution in [0.25, 0.3) is 0 Å². The largest absolute Gasteiger partial charge is 0.466 e. The molecule has 0 aromatic heterocycles. The van der Waals surface area contributed by atoms with Crippen LogP contribution in [0.5, 0.6) is 0 Å².